The van der Waals surface area contributed by atoms with Crippen molar-refractivity contribution in [3.05, 3.63) is 22.7 Å². The number of halogens is 1. The van der Waals surface area contributed by atoms with Crippen LogP contribution in [0.4, 0.5) is 0 Å². The number of carbonyl (C=O) groups excluding carboxylic acids is 2. The van der Waals surface area contributed by atoms with Gasteiger partial charge in [-0.1, -0.05) is 32.4 Å². The minimum absolute atomic E-state index is 0.121. The van der Waals surface area contributed by atoms with E-state index in [2.05, 4.69) is 17.1 Å². The smallest absolute Gasteiger partial charge is 0.338 e. The molecule has 1 fully saturated rings. The summed E-state index contributed by atoms with van der Waals surface area (Å²) in [6.07, 6.45) is 1.80. The third-order valence-corrected chi connectivity index (χ3v) is 5.04. The van der Waals surface area contributed by atoms with Crippen LogP contribution in [-0.2, 0) is 9.53 Å². The van der Waals surface area contributed by atoms with Crippen molar-refractivity contribution >= 4 is 23.5 Å². The van der Waals surface area contributed by atoms with E-state index in [4.69, 9.17) is 25.8 Å². The van der Waals surface area contributed by atoms with Crippen molar-refractivity contribution < 1.29 is 23.8 Å². The number of piperidine rings is 1. The first-order valence-electron chi connectivity index (χ1n) is 10.0. The summed E-state index contributed by atoms with van der Waals surface area (Å²) < 4.78 is 16.1. The average Bonchev–Trinajstić information content (AvgIpc) is 2.70. The largest absolute Gasteiger partial charge is 0.493 e. The van der Waals surface area contributed by atoms with E-state index >= 15 is 0 Å². The lowest BCUT2D eigenvalue weighted by Gasteiger charge is -2.31. The molecule has 1 heterocycles. The Morgan fingerprint density at radius 2 is 1.97 bits per heavy atom. The maximum Gasteiger partial charge on any atom is 0.338 e. The number of nitrogens with one attached hydrogen (secondary N) is 1. The molecule has 29 heavy (non-hydrogen) atoms. The lowest BCUT2D eigenvalue weighted by atomic mass is 10.1. The van der Waals surface area contributed by atoms with Crippen molar-refractivity contribution in [1.82, 2.24) is 10.2 Å². The van der Waals surface area contributed by atoms with Crippen LogP contribution in [0.3, 0.4) is 0 Å². The highest BCUT2D eigenvalue weighted by Crippen LogP contribution is 2.36. The van der Waals surface area contributed by atoms with E-state index in [1.165, 1.54) is 19.2 Å². The Bertz CT molecular complexity index is 703. The highest BCUT2D eigenvalue weighted by Gasteiger charge is 2.21. The van der Waals surface area contributed by atoms with Gasteiger partial charge < -0.3 is 24.4 Å². The van der Waals surface area contributed by atoms with Gasteiger partial charge in [-0.15, -0.1) is 0 Å². The van der Waals surface area contributed by atoms with E-state index in [1.54, 1.807) is 0 Å². The second kappa shape index (κ2) is 11.3. The van der Waals surface area contributed by atoms with E-state index in [9.17, 15) is 9.59 Å². The van der Waals surface area contributed by atoms with Gasteiger partial charge in [-0.25, -0.2) is 4.79 Å². The van der Waals surface area contributed by atoms with Crippen molar-refractivity contribution in [2.75, 3.05) is 40.0 Å². The van der Waals surface area contributed by atoms with Crippen molar-refractivity contribution in [2.24, 2.45) is 5.92 Å². The standard InChI is InChI=1S/C21H31ClN2O5/c1-5-24-8-6-16(7-9-24)23-19(25)13-29-21(26)15-10-17(22)20(18(11-15)27-4)28-12-14(2)3/h10-11,14,16H,5-9,12-13H2,1-4H3,(H,23,25). The van der Waals surface area contributed by atoms with Crippen LogP contribution in [0.5, 0.6) is 11.5 Å². The van der Waals surface area contributed by atoms with E-state index in [0.29, 0.717) is 24.0 Å². The van der Waals surface area contributed by atoms with Gasteiger partial charge in [0.05, 0.1) is 24.3 Å². The van der Waals surface area contributed by atoms with Crippen molar-refractivity contribution in [2.45, 2.75) is 39.7 Å². The van der Waals surface area contributed by atoms with Gasteiger partial charge in [0.25, 0.3) is 5.91 Å². The third-order valence-electron chi connectivity index (χ3n) is 4.76. The summed E-state index contributed by atoms with van der Waals surface area (Å²) in [5, 5.41) is 3.18. The van der Waals surface area contributed by atoms with E-state index in [0.717, 1.165) is 32.5 Å². The molecular weight excluding hydrogens is 396 g/mol. The Kier molecular flexibility index (Phi) is 9.04. The molecular formula is C21H31ClN2O5. The van der Waals surface area contributed by atoms with Crippen LogP contribution in [-0.4, -0.2) is 62.8 Å². The molecule has 0 saturated carbocycles. The summed E-state index contributed by atoms with van der Waals surface area (Å²) in [6, 6.07) is 3.08. The number of nitrogens with zero attached hydrogens (tertiary/aromatic N) is 1. The average molecular weight is 427 g/mol. The quantitative estimate of drug-likeness (QED) is 0.611. The van der Waals surface area contributed by atoms with Gasteiger partial charge in [0, 0.05) is 19.1 Å². The van der Waals surface area contributed by atoms with Crippen LogP contribution in [0.25, 0.3) is 0 Å². The molecule has 7 nitrogen and oxygen atoms in total. The minimum atomic E-state index is -0.642. The second-order valence-electron chi connectivity index (χ2n) is 7.55. The van der Waals surface area contributed by atoms with Crippen molar-refractivity contribution in [1.29, 1.82) is 0 Å². The van der Waals surface area contributed by atoms with Gasteiger partial charge in [-0.2, -0.15) is 0 Å². The topological polar surface area (TPSA) is 77.1 Å². The number of methoxy groups -OCH3 is 1. The normalized spacial score (nSPS) is 15.2. The number of hydrogen-bond acceptors (Lipinski definition) is 6. The van der Waals surface area contributed by atoms with Crippen molar-refractivity contribution in [3.63, 3.8) is 0 Å². The summed E-state index contributed by atoms with van der Waals surface area (Å²) in [5.41, 5.74) is 0.202. The molecule has 1 amide bonds. The second-order valence-corrected chi connectivity index (χ2v) is 7.95. The Morgan fingerprint density at radius 3 is 2.55 bits per heavy atom. The van der Waals surface area contributed by atoms with E-state index < -0.39 is 5.97 Å². The number of rotatable bonds is 9. The fraction of sp³-hybridized carbons (Fsp3) is 0.619. The zero-order valence-electron chi connectivity index (χ0n) is 17.6. The van der Waals surface area contributed by atoms with Gasteiger partial charge in [0.15, 0.2) is 18.1 Å². The molecule has 1 aliphatic rings. The summed E-state index contributed by atoms with van der Waals surface area (Å²) in [7, 11) is 1.47. The van der Waals surface area contributed by atoms with Gasteiger partial charge in [-0.3, -0.25) is 4.79 Å². The predicted molar refractivity (Wildman–Crippen MR) is 112 cm³/mol. The number of benzene rings is 1. The summed E-state index contributed by atoms with van der Waals surface area (Å²) in [5.74, 6) is 0.0979. The molecule has 0 radical (unpaired) electrons. The highest BCUT2D eigenvalue weighted by atomic mass is 35.5. The lowest BCUT2D eigenvalue weighted by molar-refractivity contribution is -0.125. The van der Waals surface area contributed by atoms with Crippen LogP contribution in [0.15, 0.2) is 12.1 Å². The SMILES string of the molecule is CCN1CCC(NC(=O)COC(=O)c2cc(Cl)c(OCC(C)C)c(OC)c2)CC1. The maximum atomic E-state index is 12.4. The molecule has 2 rings (SSSR count). The molecule has 1 saturated heterocycles. The molecule has 1 N–H and O–H groups in total. The first-order valence-corrected chi connectivity index (χ1v) is 10.4. The molecule has 0 spiro atoms. The Morgan fingerprint density at radius 1 is 1.28 bits per heavy atom. The van der Waals surface area contributed by atoms with Gasteiger partial charge in [0.2, 0.25) is 0 Å². The number of ether oxygens (including phenoxy) is 3. The third kappa shape index (κ3) is 7.08. The molecule has 0 atom stereocenters. The maximum absolute atomic E-state index is 12.4. The number of likely N-dealkylation sites (tertiary alicyclic amines) is 1. The highest BCUT2D eigenvalue weighted by molar-refractivity contribution is 6.32. The Hall–Kier alpha value is -1.99. The Labute approximate surface area is 177 Å². The molecule has 0 aliphatic carbocycles. The zero-order chi connectivity index (χ0) is 21.4. The summed E-state index contributed by atoms with van der Waals surface area (Å²) >= 11 is 6.26. The van der Waals surface area contributed by atoms with E-state index in [1.807, 2.05) is 13.8 Å². The molecule has 8 heteroatoms. The summed E-state index contributed by atoms with van der Waals surface area (Å²) in [4.78, 5) is 26.8. The molecule has 1 aromatic rings. The molecule has 0 bridgehead atoms. The van der Waals surface area contributed by atoms with Gasteiger partial charge in [0.1, 0.15) is 0 Å². The fourth-order valence-corrected chi connectivity index (χ4v) is 3.37. The molecule has 162 valence electrons. The van der Waals surface area contributed by atoms with Crippen LogP contribution < -0.4 is 14.8 Å². The van der Waals surface area contributed by atoms with Crippen LogP contribution >= 0.6 is 11.6 Å². The number of carbonyl (C=O) groups is 2. The lowest BCUT2D eigenvalue weighted by Crippen LogP contribution is -2.45. The van der Waals surface area contributed by atoms with Gasteiger partial charge in [-0.05, 0) is 37.4 Å². The number of hydrogen-bond donors (Lipinski definition) is 1. The molecule has 0 aromatic heterocycles. The minimum Gasteiger partial charge on any atom is -0.493 e. The Balaban J connectivity index is 1.89. The fourth-order valence-electron chi connectivity index (χ4n) is 3.11. The predicted octanol–water partition coefficient (Wildman–Crippen LogP) is 3.14. The first-order chi connectivity index (χ1) is 13.8. The molecule has 1 aromatic carbocycles. The first kappa shape index (κ1) is 23.3. The van der Waals surface area contributed by atoms with Crippen LogP contribution in [0.1, 0.15) is 44.0 Å². The number of esters is 1. The zero-order valence-corrected chi connectivity index (χ0v) is 18.4. The molecule has 0 unspecified atom stereocenters. The van der Waals surface area contributed by atoms with Crippen LogP contribution in [0, 0.1) is 5.92 Å². The van der Waals surface area contributed by atoms with E-state index in [-0.39, 0.29) is 29.1 Å². The van der Waals surface area contributed by atoms with Gasteiger partial charge >= 0.3 is 5.97 Å². The summed E-state index contributed by atoms with van der Waals surface area (Å²) in [6.45, 7) is 9.24. The molecule has 1 aliphatic heterocycles. The van der Waals surface area contributed by atoms with Crippen molar-refractivity contribution in [3.8, 4) is 11.5 Å². The monoisotopic (exact) mass is 426 g/mol. The number of amides is 1. The van der Waals surface area contributed by atoms with Crippen LogP contribution in [0.2, 0.25) is 5.02 Å².